The van der Waals surface area contributed by atoms with Crippen LogP contribution in [-0.4, -0.2) is 28.0 Å². The number of rotatable bonds is 5. The third-order valence-electron chi connectivity index (χ3n) is 4.69. The maximum absolute atomic E-state index is 14.8. The molecule has 2 aromatic carbocycles. The second-order valence-electron chi connectivity index (χ2n) is 6.65. The predicted molar refractivity (Wildman–Crippen MR) is 106 cm³/mol. The van der Waals surface area contributed by atoms with E-state index < -0.39 is 23.3 Å². The monoisotopic (exact) mass is 420 g/mol. The fourth-order valence-corrected chi connectivity index (χ4v) is 3.37. The summed E-state index contributed by atoms with van der Waals surface area (Å²) < 4.78 is 29.8. The molecule has 152 valence electrons. The largest absolute Gasteiger partial charge is 0.505 e. The van der Waals surface area contributed by atoms with Crippen LogP contribution in [0.2, 0.25) is 5.02 Å². The standard InChI is InChI=1S/C21H19ClF2N2O3/c1-3-8-25-18(28)10-13-11(2)26(16-6-7-17(27)20(24)19(13)16)21(29)12-4-5-14(22)15(23)9-12/h4-7,9,27H,3,8,10H2,1-2H3,(H,25,28). The molecule has 29 heavy (non-hydrogen) atoms. The van der Waals surface area contributed by atoms with Crippen molar-refractivity contribution in [3.63, 3.8) is 0 Å². The fraction of sp³-hybridized carbons (Fsp3) is 0.238. The van der Waals surface area contributed by atoms with Gasteiger partial charge < -0.3 is 10.4 Å². The van der Waals surface area contributed by atoms with Crippen LogP contribution in [0.4, 0.5) is 8.78 Å². The number of hydrogen-bond acceptors (Lipinski definition) is 3. The van der Waals surface area contributed by atoms with Gasteiger partial charge in [-0.3, -0.25) is 14.2 Å². The van der Waals surface area contributed by atoms with E-state index in [0.29, 0.717) is 12.2 Å². The zero-order valence-electron chi connectivity index (χ0n) is 15.9. The summed E-state index contributed by atoms with van der Waals surface area (Å²) in [5.41, 5.74) is 0.806. The number of benzene rings is 2. The Bertz CT molecular complexity index is 1130. The van der Waals surface area contributed by atoms with Crippen LogP contribution in [0, 0.1) is 18.6 Å². The van der Waals surface area contributed by atoms with Gasteiger partial charge in [-0.05, 0) is 49.2 Å². The Balaban J connectivity index is 2.18. The molecule has 0 aliphatic heterocycles. The maximum Gasteiger partial charge on any atom is 0.262 e. The highest BCUT2D eigenvalue weighted by molar-refractivity contribution is 6.30. The molecular formula is C21H19ClF2N2O3. The number of phenolic OH excluding ortho intramolecular Hbond substituents is 1. The van der Waals surface area contributed by atoms with Gasteiger partial charge in [-0.15, -0.1) is 0 Å². The average Bonchev–Trinajstić information content (AvgIpc) is 2.96. The molecule has 0 spiro atoms. The highest BCUT2D eigenvalue weighted by Gasteiger charge is 2.25. The van der Waals surface area contributed by atoms with Gasteiger partial charge in [0.25, 0.3) is 5.91 Å². The Labute approximate surface area is 170 Å². The summed E-state index contributed by atoms with van der Waals surface area (Å²) in [6.45, 7) is 3.94. The molecule has 0 unspecified atom stereocenters. The smallest absolute Gasteiger partial charge is 0.262 e. The lowest BCUT2D eigenvalue weighted by molar-refractivity contribution is -0.120. The van der Waals surface area contributed by atoms with E-state index in [0.717, 1.165) is 18.6 Å². The van der Waals surface area contributed by atoms with Crippen LogP contribution in [0.5, 0.6) is 5.75 Å². The molecule has 1 heterocycles. The van der Waals surface area contributed by atoms with Gasteiger partial charge in [0.15, 0.2) is 11.6 Å². The first-order chi connectivity index (χ1) is 13.8. The number of hydrogen-bond donors (Lipinski definition) is 2. The summed E-state index contributed by atoms with van der Waals surface area (Å²) in [5.74, 6) is -3.20. The van der Waals surface area contributed by atoms with Crippen molar-refractivity contribution in [2.45, 2.75) is 26.7 Å². The molecule has 5 nitrogen and oxygen atoms in total. The van der Waals surface area contributed by atoms with Crippen LogP contribution < -0.4 is 5.32 Å². The molecule has 1 amide bonds. The average molecular weight is 421 g/mol. The Morgan fingerprint density at radius 1 is 1.21 bits per heavy atom. The molecule has 0 fully saturated rings. The molecule has 1 aromatic heterocycles. The van der Waals surface area contributed by atoms with Crippen molar-refractivity contribution in [3.8, 4) is 5.75 Å². The number of nitrogens with one attached hydrogen (secondary N) is 1. The number of carbonyl (C=O) groups is 2. The quantitative estimate of drug-likeness (QED) is 0.644. The first-order valence-electron chi connectivity index (χ1n) is 9.04. The van der Waals surface area contributed by atoms with Crippen molar-refractivity contribution in [3.05, 3.63) is 63.8 Å². The number of amides is 1. The van der Waals surface area contributed by atoms with Crippen LogP contribution in [0.15, 0.2) is 30.3 Å². The van der Waals surface area contributed by atoms with E-state index in [4.69, 9.17) is 11.6 Å². The van der Waals surface area contributed by atoms with Crippen LogP contribution in [0.1, 0.15) is 35.0 Å². The van der Waals surface area contributed by atoms with Crippen molar-refractivity contribution >= 4 is 34.3 Å². The molecule has 8 heteroatoms. The minimum atomic E-state index is -0.919. The van der Waals surface area contributed by atoms with E-state index in [9.17, 15) is 23.5 Å². The molecule has 0 bridgehead atoms. The maximum atomic E-state index is 14.8. The Morgan fingerprint density at radius 2 is 1.93 bits per heavy atom. The number of fused-ring (bicyclic) bond motifs is 1. The van der Waals surface area contributed by atoms with Gasteiger partial charge in [-0.2, -0.15) is 0 Å². The van der Waals surface area contributed by atoms with E-state index >= 15 is 0 Å². The topological polar surface area (TPSA) is 71.3 Å². The fourth-order valence-electron chi connectivity index (χ4n) is 3.25. The van der Waals surface area contributed by atoms with Gasteiger partial charge >= 0.3 is 0 Å². The molecule has 0 saturated heterocycles. The van der Waals surface area contributed by atoms with Crippen molar-refractivity contribution in [1.29, 1.82) is 0 Å². The lowest BCUT2D eigenvalue weighted by atomic mass is 10.1. The molecule has 3 aromatic rings. The summed E-state index contributed by atoms with van der Waals surface area (Å²) in [6.07, 6.45) is 0.570. The van der Waals surface area contributed by atoms with Crippen LogP contribution >= 0.6 is 11.6 Å². The predicted octanol–water partition coefficient (Wildman–Crippen LogP) is 4.34. The van der Waals surface area contributed by atoms with Crippen LogP contribution in [-0.2, 0) is 11.2 Å². The summed E-state index contributed by atoms with van der Waals surface area (Å²) >= 11 is 5.68. The third-order valence-corrected chi connectivity index (χ3v) is 5.00. The summed E-state index contributed by atoms with van der Waals surface area (Å²) in [6, 6.07) is 6.14. The highest BCUT2D eigenvalue weighted by Crippen LogP contribution is 2.33. The minimum Gasteiger partial charge on any atom is -0.505 e. The van der Waals surface area contributed by atoms with Crippen molar-refractivity contribution in [2.24, 2.45) is 0 Å². The van der Waals surface area contributed by atoms with E-state index in [2.05, 4.69) is 5.32 Å². The molecular weight excluding hydrogens is 402 g/mol. The number of halogens is 3. The SMILES string of the molecule is CCCNC(=O)Cc1c(C)n(C(=O)c2ccc(Cl)c(F)c2)c2ccc(O)c(F)c12. The van der Waals surface area contributed by atoms with Crippen molar-refractivity contribution < 1.29 is 23.5 Å². The first-order valence-corrected chi connectivity index (χ1v) is 9.41. The lowest BCUT2D eigenvalue weighted by Crippen LogP contribution is -2.26. The van der Waals surface area contributed by atoms with Gasteiger partial charge in [-0.25, -0.2) is 8.78 Å². The van der Waals surface area contributed by atoms with E-state index in [1.165, 1.54) is 22.8 Å². The number of phenols is 1. The van der Waals surface area contributed by atoms with Gasteiger partial charge in [0, 0.05) is 23.2 Å². The number of aromatic nitrogens is 1. The van der Waals surface area contributed by atoms with E-state index in [1.807, 2.05) is 6.92 Å². The van der Waals surface area contributed by atoms with Gasteiger partial charge in [-0.1, -0.05) is 18.5 Å². The summed E-state index contributed by atoms with van der Waals surface area (Å²) in [4.78, 5) is 25.3. The lowest BCUT2D eigenvalue weighted by Gasteiger charge is -2.08. The van der Waals surface area contributed by atoms with Gasteiger partial charge in [0.2, 0.25) is 5.91 Å². The van der Waals surface area contributed by atoms with Crippen molar-refractivity contribution in [1.82, 2.24) is 9.88 Å². The summed E-state index contributed by atoms with van der Waals surface area (Å²) in [5, 5.41) is 12.4. The Hall–Kier alpha value is -2.93. The molecule has 0 saturated carbocycles. The van der Waals surface area contributed by atoms with Crippen LogP contribution in [0.3, 0.4) is 0 Å². The summed E-state index contributed by atoms with van der Waals surface area (Å²) in [7, 11) is 0. The Morgan fingerprint density at radius 3 is 2.59 bits per heavy atom. The molecule has 0 radical (unpaired) electrons. The molecule has 0 aliphatic carbocycles. The zero-order valence-corrected chi connectivity index (χ0v) is 16.6. The molecule has 2 N–H and O–H groups in total. The van der Waals surface area contributed by atoms with E-state index in [1.54, 1.807) is 6.92 Å². The van der Waals surface area contributed by atoms with E-state index in [-0.39, 0.29) is 39.4 Å². The second kappa shape index (κ2) is 8.21. The normalized spacial score (nSPS) is 11.1. The Kier molecular flexibility index (Phi) is 5.88. The first kappa shape index (κ1) is 20.8. The minimum absolute atomic E-state index is 0.0161. The second-order valence-corrected chi connectivity index (χ2v) is 7.06. The third kappa shape index (κ3) is 3.82. The van der Waals surface area contributed by atoms with Gasteiger partial charge in [0.05, 0.1) is 17.0 Å². The molecule has 0 aliphatic rings. The zero-order chi connectivity index (χ0) is 21.3. The highest BCUT2D eigenvalue weighted by atomic mass is 35.5. The van der Waals surface area contributed by atoms with Crippen molar-refractivity contribution in [2.75, 3.05) is 6.54 Å². The number of aromatic hydroxyl groups is 1. The molecule has 3 rings (SSSR count). The number of carbonyl (C=O) groups excluding carboxylic acids is 2. The number of nitrogens with zero attached hydrogens (tertiary/aromatic N) is 1. The van der Waals surface area contributed by atoms with Crippen LogP contribution in [0.25, 0.3) is 10.9 Å². The van der Waals surface area contributed by atoms with Gasteiger partial charge in [0.1, 0.15) is 5.82 Å². The molecule has 0 atom stereocenters.